The fraction of sp³-hybridized carbons (Fsp3) is 0. The molecule has 0 aliphatic rings. The van der Waals surface area contributed by atoms with E-state index >= 15 is 0 Å². The average Bonchev–Trinajstić information content (AvgIpc) is 2.70. The molecule has 0 atom stereocenters. The van der Waals surface area contributed by atoms with Gasteiger partial charge in [-0.25, -0.2) is 9.97 Å². The number of nitriles is 1. The van der Waals surface area contributed by atoms with E-state index in [-0.39, 0.29) is 0 Å². The minimum atomic E-state index is 0.347. The molecule has 0 amide bonds. The molecule has 2 rings (SSSR count). The molecular formula is C9H5N3O. The van der Waals surface area contributed by atoms with Crippen LogP contribution in [-0.2, 0) is 0 Å². The zero-order valence-corrected chi connectivity index (χ0v) is 6.64. The third-order valence-corrected chi connectivity index (χ3v) is 1.61. The first-order valence-corrected chi connectivity index (χ1v) is 3.66. The van der Waals surface area contributed by atoms with Crippen LogP contribution in [-0.4, -0.2) is 9.97 Å². The highest BCUT2D eigenvalue weighted by atomic mass is 16.3. The number of hydrogen-bond donors (Lipinski definition) is 0. The van der Waals surface area contributed by atoms with Crippen molar-refractivity contribution in [3.05, 3.63) is 36.6 Å². The lowest BCUT2D eigenvalue weighted by atomic mass is 10.2. The van der Waals surface area contributed by atoms with Gasteiger partial charge in [0, 0.05) is 6.20 Å². The summed E-state index contributed by atoms with van der Waals surface area (Å²) >= 11 is 0. The van der Waals surface area contributed by atoms with Crippen LogP contribution in [0.15, 0.2) is 35.3 Å². The molecule has 0 unspecified atom stereocenters. The quantitative estimate of drug-likeness (QED) is 0.653. The molecule has 13 heavy (non-hydrogen) atoms. The first kappa shape index (κ1) is 7.50. The Balaban J connectivity index is 2.59. The van der Waals surface area contributed by atoms with Crippen LogP contribution in [0.3, 0.4) is 0 Å². The van der Waals surface area contributed by atoms with Gasteiger partial charge in [-0.3, -0.25) is 0 Å². The molecule has 0 N–H and O–H groups in total. The van der Waals surface area contributed by atoms with Gasteiger partial charge in [-0.2, -0.15) is 5.26 Å². The Morgan fingerprint density at radius 3 is 3.08 bits per heavy atom. The van der Waals surface area contributed by atoms with E-state index in [9.17, 15) is 0 Å². The highest BCUT2D eigenvalue weighted by molar-refractivity contribution is 5.62. The second-order valence-electron chi connectivity index (χ2n) is 2.38. The van der Waals surface area contributed by atoms with Gasteiger partial charge < -0.3 is 4.42 Å². The van der Waals surface area contributed by atoms with E-state index in [1.807, 2.05) is 6.07 Å². The van der Waals surface area contributed by atoms with Crippen LogP contribution in [0.1, 0.15) is 5.69 Å². The van der Waals surface area contributed by atoms with Crippen molar-refractivity contribution in [3.63, 3.8) is 0 Å². The molecule has 0 fully saturated rings. The van der Waals surface area contributed by atoms with E-state index in [4.69, 9.17) is 9.68 Å². The molecule has 0 saturated carbocycles. The lowest BCUT2D eigenvalue weighted by Crippen LogP contribution is -1.85. The highest BCUT2D eigenvalue weighted by Gasteiger charge is 2.07. The maximum atomic E-state index is 8.74. The third-order valence-electron chi connectivity index (χ3n) is 1.61. The SMILES string of the molecule is N#Cc1ncccc1-c1cnco1. The Labute approximate surface area is 74.5 Å². The van der Waals surface area contributed by atoms with E-state index in [1.54, 1.807) is 24.5 Å². The van der Waals surface area contributed by atoms with E-state index < -0.39 is 0 Å². The average molecular weight is 171 g/mol. The third kappa shape index (κ3) is 1.27. The van der Waals surface area contributed by atoms with E-state index in [1.165, 1.54) is 6.39 Å². The molecule has 62 valence electrons. The van der Waals surface area contributed by atoms with Crippen LogP contribution in [0.25, 0.3) is 11.3 Å². The molecule has 0 bridgehead atoms. The molecule has 2 aromatic heterocycles. The number of rotatable bonds is 1. The summed E-state index contributed by atoms with van der Waals surface area (Å²) in [4.78, 5) is 7.67. The molecule has 0 radical (unpaired) electrons. The minimum absolute atomic E-state index is 0.347. The molecule has 0 aliphatic heterocycles. The van der Waals surface area contributed by atoms with Gasteiger partial charge in [0.05, 0.1) is 11.8 Å². The van der Waals surface area contributed by atoms with Crippen LogP contribution in [0.4, 0.5) is 0 Å². The molecule has 4 heteroatoms. The van der Waals surface area contributed by atoms with Crippen molar-refractivity contribution in [2.45, 2.75) is 0 Å². The summed E-state index contributed by atoms with van der Waals surface area (Å²) < 4.78 is 5.06. The van der Waals surface area contributed by atoms with Crippen LogP contribution >= 0.6 is 0 Å². The summed E-state index contributed by atoms with van der Waals surface area (Å²) in [5.74, 6) is 0.560. The molecule has 0 aliphatic carbocycles. The Hall–Kier alpha value is -2.15. The van der Waals surface area contributed by atoms with Crippen LogP contribution in [0, 0.1) is 11.3 Å². The van der Waals surface area contributed by atoms with Gasteiger partial charge in [-0.05, 0) is 12.1 Å². The minimum Gasteiger partial charge on any atom is -0.443 e. The van der Waals surface area contributed by atoms with Crippen molar-refractivity contribution in [2.75, 3.05) is 0 Å². The summed E-state index contributed by atoms with van der Waals surface area (Å²) in [5, 5.41) is 8.74. The number of oxazole rings is 1. The second kappa shape index (κ2) is 3.07. The lowest BCUT2D eigenvalue weighted by Gasteiger charge is -1.95. The Bertz CT molecular complexity index is 442. The van der Waals surface area contributed by atoms with Crippen LogP contribution < -0.4 is 0 Å². The topological polar surface area (TPSA) is 62.7 Å². The van der Waals surface area contributed by atoms with Crippen LogP contribution in [0.2, 0.25) is 0 Å². The molecule has 4 nitrogen and oxygen atoms in total. The van der Waals surface area contributed by atoms with Crippen molar-refractivity contribution in [1.82, 2.24) is 9.97 Å². The van der Waals surface area contributed by atoms with Gasteiger partial charge in [0.15, 0.2) is 17.8 Å². The molecule has 2 heterocycles. The maximum Gasteiger partial charge on any atom is 0.181 e. The smallest absolute Gasteiger partial charge is 0.181 e. The Morgan fingerprint density at radius 1 is 1.46 bits per heavy atom. The summed E-state index contributed by atoms with van der Waals surface area (Å²) in [6.07, 6.45) is 4.44. The second-order valence-corrected chi connectivity index (χ2v) is 2.38. The lowest BCUT2D eigenvalue weighted by molar-refractivity contribution is 0.571. The van der Waals surface area contributed by atoms with Crippen LogP contribution in [0.5, 0.6) is 0 Å². The Morgan fingerprint density at radius 2 is 2.38 bits per heavy atom. The summed E-state index contributed by atoms with van der Waals surface area (Å²) in [5.41, 5.74) is 1.02. The van der Waals surface area contributed by atoms with Crippen molar-refractivity contribution in [1.29, 1.82) is 5.26 Å². The summed E-state index contributed by atoms with van der Waals surface area (Å²) in [6.45, 7) is 0. The molecule has 0 saturated heterocycles. The number of nitrogens with zero attached hydrogens (tertiary/aromatic N) is 3. The normalized spacial score (nSPS) is 9.46. The standard InChI is InChI=1S/C9H5N3O/c10-4-8-7(2-1-3-12-8)9-5-11-6-13-9/h1-3,5-6H. The first-order valence-electron chi connectivity index (χ1n) is 3.66. The predicted octanol–water partition coefficient (Wildman–Crippen LogP) is 1.61. The van der Waals surface area contributed by atoms with Crippen molar-refractivity contribution in [2.24, 2.45) is 0 Å². The zero-order chi connectivity index (χ0) is 9.10. The maximum absolute atomic E-state index is 8.74. The van der Waals surface area contributed by atoms with Gasteiger partial charge in [0.25, 0.3) is 0 Å². The number of aromatic nitrogens is 2. The number of pyridine rings is 1. The largest absolute Gasteiger partial charge is 0.443 e. The fourth-order valence-electron chi connectivity index (χ4n) is 1.04. The summed E-state index contributed by atoms with van der Waals surface area (Å²) in [7, 11) is 0. The molecular weight excluding hydrogens is 166 g/mol. The molecule has 0 aromatic carbocycles. The monoisotopic (exact) mass is 171 g/mol. The summed E-state index contributed by atoms with van der Waals surface area (Å²) in [6, 6.07) is 5.50. The fourth-order valence-corrected chi connectivity index (χ4v) is 1.04. The van der Waals surface area contributed by atoms with E-state index in [0.29, 0.717) is 17.0 Å². The molecule has 2 aromatic rings. The molecule has 0 spiro atoms. The van der Waals surface area contributed by atoms with E-state index in [2.05, 4.69) is 9.97 Å². The van der Waals surface area contributed by atoms with Crippen molar-refractivity contribution in [3.8, 4) is 17.4 Å². The van der Waals surface area contributed by atoms with Gasteiger partial charge >= 0.3 is 0 Å². The Kier molecular flexibility index (Phi) is 1.77. The van der Waals surface area contributed by atoms with E-state index in [0.717, 1.165) is 0 Å². The van der Waals surface area contributed by atoms with Gasteiger partial charge in [0.2, 0.25) is 0 Å². The van der Waals surface area contributed by atoms with Gasteiger partial charge in [-0.1, -0.05) is 0 Å². The number of hydrogen-bond acceptors (Lipinski definition) is 4. The van der Waals surface area contributed by atoms with Gasteiger partial charge in [-0.15, -0.1) is 0 Å². The van der Waals surface area contributed by atoms with Gasteiger partial charge in [0.1, 0.15) is 6.07 Å². The van der Waals surface area contributed by atoms with Crippen molar-refractivity contribution < 1.29 is 4.42 Å². The highest BCUT2D eigenvalue weighted by Crippen LogP contribution is 2.20. The zero-order valence-electron chi connectivity index (χ0n) is 6.64. The van der Waals surface area contributed by atoms with Crippen molar-refractivity contribution >= 4 is 0 Å². The predicted molar refractivity (Wildman–Crippen MR) is 44.4 cm³/mol. The first-order chi connectivity index (χ1) is 6.42.